The highest BCUT2D eigenvalue weighted by Gasteiger charge is 2.31. The minimum atomic E-state index is -4.44. The highest BCUT2D eigenvalue weighted by atomic mass is 32.2. The Morgan fingerprint density at radius 3 is 2.82 bits per heavy atom. The van der Waals surface area contributed by atoms with Crippen LogP contribution in [-0.2, 0) is 12.7 Å². The van der Waals surface area contributed by atoms with Crippen LogP contribution in [0.2, 0.25) is 0 Å². The number of oxazole rings is 1. The Kier molecular flexibility index (Phi) is 5.73. The van der Waals surface area contributed by atoms with E-state index < -0.39 is 11.7 Å². The lowest BCUT2D eigenvalue weighted by molar-refractivity contribution is -0.137. The third-order valence-electron chi connectivity index (χ3n) is 5.47. The van der Waals surface area contributed by atoms with E-state index in [-0.39, 0.29) is 17.5 Å². The molecule has 5 rings (SSSR count). The van der Waals surface area contributed by atoms with Gasteiger partial charge in [-0.25, -0.2) is 14.6 Å². The Balaban J connectivity index is 1.54. The van der Waals surface area contributed by atoms with E-state index in [1.165, 1.54) is 6.07 Å². The zero-order valence-electron chi connectivity index (χ0n) is 17.8. The van der Waals surface area contributed by atoms with Crippen molar-refractivity contribution in [2.24, 2.45) is 0 Å². The summed E-state index contributed by atoms with van der Waals surface area (Å²) in [5.41, 5.74) is -0.00580. The fraction of sp³-hybridized carbons (Fsp3) is 0.364. The maximum Gasteiger partial charge on any atom is 0.416 e. The first-order valence-corrected chi connectivity index (χ1v) is 11.7. The van der Waals surface area contributed by atoms with Crippen molar-refractivity contribution in [1.29, 1.82) is 0 Å². The van der Waals surface area contributed by atoms with Gasteiger partial charge >= 0.3 is 6.18 Å². The molecule has 0 radical (unpaired) electrons. The molecule has 7 nitrogen and oxygen atoms in total. The molecule has 1 fully saturated rings. The molecule has 1 saturated heterocycles. The van der Waals surface area contributed by atoms with Gasteiger partial charge in [0.15, 0.2) is 11.6 Å². The Hall–Kier alpha value is -3.08. The number of rotatable bonds is 5. The first kappa shape index (κ1) is 21.7. The van der Waals surface area contributed by atoms with Gasteiger partial charge in [-0.2, -0.15) is 35.1 Å². The van der Waals surface area contributed by atoms with Crippen molar-refractivity contribution in [2.45, 2.75) is 38.5 Å². The van der Waals surface area contributed by atoms with Crippen LogP contribution in [0, 0.1) is 6.92 Å². The van der Waals surface area contributed by atoms with Crippen LogP contribution in [0.3, 0.4) is 0 Å². The molecule has 172 valence electrons. The van der Waals surface area contributed by atoms with Crippen LogP contribution in [0.15, 0.2) is 47.1 Å². The molecule has 0 saturated carbocycles. The van der Waals surface area contributed by atoms with Gasteiger partial charge in [-0.15, -0.1) is 0 Å². The standard InChI is InChI=1S/C22H21F3N6OS/c1-14-19(28-21(32-14)15-5-2-6-16(11-15)22(23,24)25)20-27-18(12-30-9-4-8-26-30)29-31(20)17-7-3-10-33-13-17/h2,4-6,8-9,11,17H,3,7,10,12-13H2,1H3. The van der Waals surface area contributed by atoms with Gasteiger partial charge in [0.25, 0.3) is 0 Å². The molecular weight excluding hydrogens is 453 g/mol. The molecule has 0 amide bonds. The summed E-state index contributed by atoms with van der Waals surface area (Å²) in [6, 6.07) is 6.96. The maximum absolute atomic E-state index is 13.2. The molecule has 0 aliphatic carbocycles. The zero-order chi connectivity index (χ0) is 23.0. The number of aryl methyl sites for hydroxylation is 1. The lowest BCUT2D eigenvalue weighted by Crippen LogP contribution is -2.19. The van der Waals surface area contributed by atoms with Gasteiger partial charge in [0.05, 0.1) is 11.6 Å². The molecule has 4 heterocycles. The number of benzene rings is 1. The summed E-state index contributed by atoms with van der Waals surface area (Å²) < 4.78 is 48.9. The second-order valence-electron chi connectivity index (χ2n) is 7.87. The average Bonchev–Trinajstić information content (AvgIpc) is 3.54. The minimum Gasteiger partial charge on any atom is -0.441 e. The van der Waals surface area contributed by atoms with E-state index in [0.717, 1.165) is 36.5 Å². The fourth-order valence-corrected chi connectivity index (χ4v) is 4.98. The van der Waals surface area contributed by atoms with Crippen LogP contribution >= 0.6 is 11.8 Å². The lowest BCUT2D eigenvalue weighted by Gasteiger charge is -2.22. The maximum atomic E-state index is 13.2. The predicted molar refractivity (Wildman–Crippen MR) is 118 cm³/mol. The van der Waals surface area contributed by atoms with Gasteiger partial charge in [-0.3, -0.25) is 4.68 Å². The Bertz CT molecular complexity index is 1240. The molecule has 11 heteroatoms. The number of hydrogen-bond donors (Lipinski definition) is 0. The van der Waals surface area contributed by atoms with E-state index in [4.69, 9.17) is 14.5 Å². The number of thioether (sulfide) groups is 1. The molecular formula is C22H21F3N6OS. The van der Waals surface area contributed by atoms with Crippen LogP contribution in [0.25, 0.3) is 23.0 Å². The van der Waals surface area contributed by atoms with Gasteiger partial charge in [-0.05, 0) is 49.8 Å². The molecule has 33 heavy (non-hydrogen) atoms. The van der Waals surface area contributed by atoms with Crippen molar-refractivity contribution in [1.82, 2.24) is 29.5 Å². The number of alkyl halides is 3. The normalized spacial score (nSPS) is 16.9. The molecule has 3 aromatic heterocycles. The topological polar surface area (TPSA) is 74.6 Å². The van der Waals surface area contributed by atoms with E-state index in [2.05, 4.69) is 10.1 Å². The summed E-state index contributed by atoms with van der Waals surface area (Å²) in [6.45, 7) is 2.14. The molecule has 0 spiro atoms. The minimum absolute atomic E-state index is 0.120. The molecule has 0 N–H and O–H groups in total. The summed E-state index contributed by atoms with van der Waals surface area (Å²) in [5, 5.41) is 8.98. The predicted octanol–water partition coefficient (Wildman–Crippen LogP) is 5.24. The number of hydrogen-bond acceptors (Lipinski definition) is 6. The molecule has 1 unspecified atom stereocenters. The van der Waals surface area contributed by atoms with E-state index in [1.54, 1.807) is 23.9 Å². The van der Waals surface area contributed by atoms with E-state index in [1.807, 2.05) is 28.7 Å². The van der Waals surface area contributed by atoms with Crippen LogP contribution in [0.5, 0.6) is 0 Å². The van der Waals surface area contributed by atoms with Crippen molar-refractivity contribution < 1.29 is 17.6 Å². The molecule has 1 aliphatic heterocycles. The number of aromatic nitrogens is 6. The summed E-state index contributed by atoms with van der Waals surface area (Å²) >= 11 is 1.87. The van der Waals surface area contributed by atoms with Crippen molar-refractivity contribution in [3.8, 4) is 23.0 Å². The largest absolute Gasteiger partial charge is 0.441 e. The first-order valence-electron chi connectivity index (χ1n) is 10.5. The molecule has 1 aliphatic rings. The van der Waals surface area contributed by atoms with E-state index >= 15 is 0 Å². The van der Waals surface area contributed by atoms with Gasteiger partial charge in [0.1, 0.15) is 18.0 Å². The molecule has 1 aromatic carbocycles. The Labute approximate surface area is 192 Å². The van der Waals surface area contributed by atoms with Crippen LogP contribution in [0.4, 0.5) is 13.2 Å². The second-order valence-corrected chi connectivity index (χ2v) is 9.02. The SMILES string of the molecule is Cc1oc(-c2cccc(C(F)(F)F)c2)nc1-c1nc(Cn2cccn2)nn1C1CCCSC1. The van der Waals surface area contributed by atoms with Crippen molar-refractivity contribution in [3.05, 3.63) is 59.9 Å². The lowest BCUT2D eigenvalue weighted by atomic mass is 10.1. The first-order chi connectivity index (χ1) is 15.9. The Morgan fingerprint density at radius 2 is 2.09 bits per heavy atom. The molecule has 1 atom stereocenters. The average molecular weight is 475 g/mol. The number of nitrogens with zero attached hydrogens (tertiary/aromatic N) is 6. The van der Waals surface area contributed by atoms with Gasteiger partial charge < -0.3 is 4.42 Å². The van der Waals surface area contributed by atoms with Crippen molar-refractivity contribution >= 4 is 11.8 Å². The van der Waals surface area contributed by atoms with Gasteiger partial charge in [0.2, 0.25) is 5.89 Å². The summed E-state index contributed by atoms with van der Waals surface area (Å²) in [7, 11) is 0. The monoisotopic (exact) mass is 474 g/mol. The third kappa shape index (κ3) is 4.54. The number of halogens is 3. The summed E-state index contributed by atoms with van der Waals surface area (Å²) in [6.07, 6.45) is 1.14. The van der Waals surface area contributed by atoms with Gasteiger partial charge in [-0.1, -0.05) is 6.07 Å². The zero-order valence-corrected chi connectivity index (χ0v) is 18.6. The van der Waals surface area contributed by atoms with Crippen LogP contribution < -0.4 is 0 Å². The van der Waals surface area contributed by atoms with Crippen LogP contribution in [0.1, 0.15) is 36.0 Å². The highest BCUT2D eigenvalue weighted by Crippen LogP contribution is 2.35. The Morgan fingerprint density at radius 1 is 1.21 bits per heavy atom. The molecule has 0 bridgehead atoms. The van der Waals surface area contributed by atoms with Crippen molar-refractivity contribution in [3.63, 3.8) is 0 Å². The highest BCUT2D eigenvalue weighted by molar-refractivity contribution is 7.99. The third-order valence-corrected chi connectivity index (χ3v) is 6.66. The van der Waals surface area contributed by atoms with Crippen molar-refractivity contribution in [2.75, 3.05) is 11.5 Å². The smallest absolute Gasteiger partial charge is 0.416 e. The van der Waals surface area contributed by atoms with E-state index in [9.17, 15) is 13.2 Å². The fourth-order valence-electron chi connectivity index (χ4n) is 3.86. The van der Waals surface area contributed by atoms with E-state index in [0.29, 0.717) is 29.6 Å². The summed E-state index contributed by atoms with van der Waals surface area (Å²) in [5.74, 6) is 3.77. The van der Waals surface area contributed by atoms with Crippen LogP contribution in [-0.4, -0.2) is 41.0 Å². The van der Waals surface area contributed by atoms with Gasteiger partial charge in [0, 0.05) is 23.7 Å². The quantitative estimate of drug-likeness (QED) is 0.394. The summed E-state index contributed by atoms with van der Waals surface area (Å²) in [4.78, 5) is 9.29. The second kappa shape index (κ2) is 8.69. The molecule has 4 aromatic rings.